The Morgan fingerprint density at radius 3 is 2.15 bits per heavy atom. The van der Waals surface area contributed by atoms with Gasteiger partial charge in [-0.3, -0.25) is 0 Å². The fourth-order valence-corrected chi connectivity index (χ4v) is 2.01. The molecule has 1 nitrogen and oxygen atoms in total. The fraction of sp³-hybridized carbons (Fsp3) is 0.133. The highest BCUT2D eigenvalue weighted by atomic mass is 35.5. The van der Waals surface area contributed by atoms with E-state index in [1.807, 2.05) is 6.07 Å². The first-order valence-electron chi connectivity index (χ1n) is 5.75. The number of alkyl halides is 3. The average Bonchev–Trinajstić information content (AvgIpc) is 2.41. The third-order valence-electron chi connectivity index (χ3n) is 2.86. The van der Waals surface area contributed by atoms with Gasteiger partial charge in [-0.05, 0) is 41.0 Å². The molecule has 0 spiro atoms. The molecule has 0 N–H and O–H groups in total. The first-order valence-corrected chi connectivity index (χ1v) is 6.12. The Morgan fingerprint density at radius 1 is 1.00 bits per heavy atom. The molecule has 0 aromatic heterocycles. The Morgan fingerprint density at radius 2 is 1.60 bits per heavy atom. The minimum Gasteiger partial charge on any atom is -0.198 e. The van der Waals surface area contributed by atoms with Gasteiger partial charge in [-0.2, -0.15) is 18.4 Å². The Kier molecular flexibility index (Phi) is 4.01. The first kappa shape index (κ1) is 14.4. The highest BCUT2D eigenvalue weighted by Crippen LogP contribution is 2.31. The van der Waals surface area contributed by atoms with E-state index < -0.39 is 11.7 Å². The van der Waals surface area contributed by atoms with Gasteiger partial charge in [-0.1, -0.05) is 29.8 Å². The van der Waals surface area contributed by atoms with Crippen LogP contribution in [0.3, 0.4) is 0 Å². The van der Waals surface area contributed by atoms with E-state index >= 15 is 0 Å². The fourth-order valence-electron chi connectivity index (χ4n) is 1.83. The van der Waals surface area contributed by atoms with Crippen LogP contribution in [0.4, 0.5) is 13.2 Å². The zero-order chi connectivity index (χ0) is 14.8. The molecule has 0 bridgehead atoms. The van der Waals surface area contributed by atoms with Crippen molar-refractivity contribution in [3.05, 3.63) is 58.6 Å². The van der Waals surface area contributed by atoms with Crippen molar-refractivity contribution < 1.29 is 13.2 Å². The number of halogens is 4. The van der Waals surface area contributed by atoms with Gasteiger partial charge >= 0.3 is 6.18 Å². The molecule has 0 saturated carbocycles. The molecule has 5 heteroatoms. The second kappa shape index (κ2) is 5.56. The molecule has 0 radical (unpaired) electrons. The summed E-state index contributed by atoms with van der Waals surface area (Å²) < 4.78 is 37.5. The lowest BCUT2D eigenvalue weighted by atomic mass is 10.0. The number of rotatable bonds is 2. The van der Waals surface area contributed by atoms with Gasteiger partial charge in [0.25, 0.3) is 0 Å². The van der Waals surface area contributed by atoms with Gasteiger partial charge in [0.2, 0.25) is 0 Å². The van der Waals surface area contributed by atoms with E-state index in [9.17, 15) is 13.2 Å². The van der Waals surface area contributed by atoms with Crippen molar-refractivity contribution in [2.75, 3.05) is 0 Å². The molecular formula is C15H9ClF3N. The topological polar surface area (TPSA) is 23.8 Å². The molecule has 20 heavy (non-hydrogen) atoms. The Labute approximate surface area is 119 Å². The second-order valence-corrected chi connectivity index (χ2v) is 4.62. The van der Waals surface area contributed by atoms with Crippen LogP contribution in [-0.2, 0) is 12.6 Å². The van der Waals surface area contributed by atoms with Crippen molar-refractivity contribution >= 4 is 11.6 Å². The molecule has 0 saturated heterocycles. The Bertz CT molecular complexity index is 654. The zero-order valence-electron chi connectivity index (χ0n) is 10.2. The summed E-state index contributed by atoms with van der Waals surface area (Å²) >= 11 is 5.95. The monoisotopic (exact) mass is 295 g/mol. The first-order chi connectivity index (χ1) is 9.41. The van der Waals surface area contributed by atoms with Gasteiger partial charge in [0.05, 0.1) is 18.1 Å². The summed E-state index contributed by atoms with van der Waals surface area (Å²) in [4.78, 5) is 0. The third-order valence-corrected chi connectivity index (χ3v) is 3.23. The number of benzene rings is 2. The number of nitriles is 1. The maximum absolute atomic E-state index is 12.5. The SMILES string of the molecule is N#CCc1cc(-c2ccc(C(F)(F)F)cc2)ccc1Cl. The summed E-state index contributed by atoms with van der Waals surface area (Å²) in [6.07, 6.45) is -4.18. The van der Waals surface area contributed by atoms with E-state index in [4.69, 9.17) is 16.9 Å². The van der Waals surface area contributed by atoms with Gasteiger partial charge in [0.1, 0.15) is 0 Å². The molecular weight excluding hydrogens is 287 g/mol. The number of nitrogens with zero attached hydrogens (tertiary/aromatic N) is 1. The van der Waals surface area contributed by atoms with Crippen LogP contribution in [0.1, 0.15) is 11.1 Å². The molecule has 0 atom stereocenters. The summed E-state index contributed by atoms with van der Waals surface area (Å²) in [5.74, 6) is 0. The van der Waals surface area contributed by atoms with Gasteiger partial charge in [-0.25, -0.2) is 0 Å². The largest absolute Gasteiger partial charge is 0.416 e. The molecule has 2 aromatic rings. The van der Waals surface area contributed by atoms with Gasteiger partial charge in [0, 0.05) is 5.02 Å². The van der Waals surface area contributed by atoms with Crippen molar-refractivity contribution in [2.45, 2.75) is 12.6 Å². The minimum atomic E-state index is -4.34. The predicted molar refractivity (Wildman–Crippen MR) is 71.2 cm³/mol. The van der Waals surface area contributed by atoms with Crippen LogP contribution >= 0.6 is 11.6 Å². The lowest BCUT2D eigenvalue weighted by Crippen LogP contribution is -2.03. The van der Waals surface area contributed by atoms with Crippen LogP contribution in [0.5, 0.6) is 0 Å². The van der Waals surface area contributed by atoms with Gasteiger partial charge in [0.15, 0.2) is 0 Å². The smallest absolute Gasteiger partial charge is 0.198 e. The van der Waals surface area contributed by atoms with Crippen molar-refractivity contribution in [1.82, 2.24) is 0 Å². The lowest BCUT2D eigenvalue weighted by molar-refractivity contribution is -0.137. The molecule has 2 rings (SSSR count). The van der Waals surface area contributed by atoms with Gasteiger partial charge < -0.3 is 0 Å². The van der Waals surface area contributed by atoms with E-state index in [0.29, 0.717) is 16.1 Å². The van der Waals surface area contributed by atoms with Crippen LogP contribution in [0.25, 0.3) is 11.1 Å². The summed E-state index contributed by atoms with van der Waals surface area (Å²) in [7, 11) is 0. The van der Waals surface area contributed by atoms with E-state index in [1.165, 1.54) is 12.1 Å². The normalized spacial score (nSPS) is 11.2. The highest BCUT2D eigenvalue weighted by Gasteiger charge is 2.29. The third kappa shape index (κ3) is 3.12. The molecule has 0 aliphatic rings. The van der Waals surface area contributed by atoms with Crippen LogP contribution < -0.4 is 0 Å². The van der Waals surface area contributed by atoms with Crippen LogP contribution in [0.2, 0.25) is 5.02 Å². The van der Waals surface area contributed by atoms with E-state index in [-0.39, 0.29) is 6.42 Å². The summed E-state index contributed by atoms with van der Waals surface area (Å²) in [5.41, 5.74) is 1.35. The highest BCUT2D eigenvalue weighted by molar-refractivity contribution is 6.31. The van der Waals surface area contributed by atoms with Crippen molar-refractivity contribution in [2.24, 2.45) is 0 Å². The van der Waals surface area contributed by atoms with Crippen LogP contribution in [0, 0.1) is 11.3 Å². The van der Waals surface area contributed by atoms with Crippen LogP contribution in [-0.4, -0.2) is 0 Å². The molecule has 0 fully saturated rings. The Balaban J connectivity index is 2.37. The second-order valence-electron chi connectivity index (χ2n) is 4.22. The molecule has 0 unspecified atom stereocenters. The Hall–Kier alpha value is -1.99. The van der Waals surface area contributed by atoms with E-state index in [2.05, 4.69) is 0 Å². The van der Waals surface area contributed by atoms with Crippen molar-refractivity contribution in [3.8, 4) is 17.2 Å². The number of hydrogen-bond acceptors (Lipinski definition) is 1. The summed E-state index contributed by atoms with van der Waals surface area (Å²) in [6.45, 7) is 0. The average molecular weight is 296 g/mol. The van der Waals surface area contributed by atoms with Crippen LogP contribution in [0.15, 0.2) is 42.5 Å². The lowest BCUT2D eigenvalue weighted by Gasteiger charge is -2.09. The van der Waals surface area contributed by atoms with E-state index in [1.54, 1.807) is 18.2 Å². The van der Waals surface area contributed by atoms with Crippen molar-refractivity contribution in [1.29, 1.82) is 5.26 Å². The quantitative estimate of drug-likeness (QED) is 0.757. The molecule has 0 amide bonds. The maximum Gasteiger partial charge on any atom is 0.416 e. The maximum atomic E-state index is 12.5. The summed E-state index contributed by atoms with van der Waals surface area (Å²) in [6, 6.07) is 12.0. The van der Waals surface area contributed by atoms with Crippen molar-refractivity contribution in [3.63, 3.8) is 0 Å². The molecule has 0 aliphatic carbocycles. The van der Waals surface area contributed by atoms with E-state index in [0.717, 1.165) is 17.7 Å². The molecule has 102 valence electrons. The standard InChI is InChI=1S/C15H9ClF3N/c16-14-6-3-11(9-12(14)7-8-20)10-1-4-13(5-2-10)15(17,18)19/h1-6,9H,7H2. The zero-order valence-corrected chi connectivity index (χ0v) is 11.0. The molecule has 2 aromatic carbocycles. The minimum absolute atomic E-state index is 0.160. The summed E-state index contributed by atoms with van der Waals surface area (Å²) in [5, 5.41) is 9.17. The molecule has 0 aliphatic heterocycles. The molecule has 0 heterocycles. The number of hydrogen-bond donors (Lipinski definition) is 0. The predicted octanol–water partition coefficient (Wildman–Crippen LogP) is 5.09. The van der Waals surface area contributed by atoms with Gasteiger partial charge in [-0.15, -0.1) is 0 Å².